The first-order valence-corrected chi connectivity index (χ1v) is 14.0. The van der Waals surface area contributed by atoms with Crippen LogP contribution in [0.2, 0.25) is 0 Å². The fourth-order valence-electron chi connectivity index (χ4n) is 4.79. The summed E-state index contributed by atoms with van der Waals surface area (Å²) in [5, 5.41) is 14.3. The van der Waals surface area contributed by atoms with Crippen LogP contribution < -0.4 is 10.3 Å². The van der Waals surface area contributed by atoms with Crippen molar-refractivity contribution in [3.8, 4) is 11.4 Å². The van der Waals surface area contributed by atoms with Crippen LogP contribution in [0.4, 0.5) is 0 Å². The number of fused-ring (bicyclic) bond motifs is 1. The van der Waals surface area contributed by atoms with Crippen LogP contribution in [0.3, 0.4) is 0 Å². The molecule has 2 aromatic heterocycles. The molecule has 5 aromatic rings. The Morgan fingerprint density at radius 2 is 1.85 bits per heavy atom. The number of halogens is 1. The van der Waals surface area contributed by atoms with Gasteiger partial charge in [0.25, 0.3) is 5.56 Å². The summed E-state index contributed by atoms with van der Waals surface area (Å²) in [6.07, 6.45) is 3.19. The minimum Gasteiger partial charge on any atom is -0.489 e. The van der Waals surface area contributed by atoms with Gasteiger partial charge in [0.2, 0.25) is 0 Å². The Morgan fingerprint density at radius 1 is 1.07 bits per heavy atom. The molecule has 208 valence electrons. The molecule has 41 heavy (non-hydrogen) atoms. The Morgan fingerprint density at radius 3 is 2.59 bits per heavy atom. The molecule has 0 aliphatic heterocycles. The third kappa shape index (κ3) is 6.00. The monoisotopic (exact) mass is 612 g/mol. The van der Waals surface area contributed by atoms with Crippen molar-refractivity contribution in [2.75, 3.05) is 0 Å². The molecule has 3 aromatic carbocycles. The Kier molecular flexibility index (Phi) is 8.16. The zero-order valence-corrected chi connectivity index (χ0v) is 24.6. The van der Waals surface area contributed by atoms with Gasteiger partial charge >= 0.3 is 5.97 Å². The number of ether oxygens (including phenoxy) is 1. The number of rotatable bonds is 9. The van der Waals surface area contributed by atoms with Crippen molar-refractivity contribution < 1.29 is 14.6 Å². The zero-order valence-electron chi connectivity index (χ0n) is 23.0. The molecule has 1 N–H and O–H groups in total. The molecular formula is C32H29BrN4O4. The lowest BCUT2D eigenvalue weighted by Gasteiger charge is -2.12. The van der Waals surface area contributed by atoms with E-state index in [0.29, 0.717) is 28.9 Å². The molecule has 9 heteroatoms. The Hall–Kier alpha value is -4.50. The van der Waals surface area contributed by atoms with Crippen molar-refractivity contribution >= 4 is 39.0 Å². The number of nitrogens with zero attached hydrogens (tertiary/aromatic N) is 4. The van der Waals surface area contributed by atoms with Gasteiger partial charge in [0.15, 0.2) is 0 Å². The highest BCUT2D eigenvalue weighted by Crippen LogP contribution is 2.23. The highest BCUT2D eigenvalue weighted by atomic mass is 79.9. The molecule has 0 amide bonds. The van der Waals surface area contributed by atoms with Crippen molar-refractivity contribution in [2.24, 2.45) is 5.10 Å². The summed E-state index contributed by atoms with van der Waals surface area (Å²) in [5.74, 6) is 0.341. The van der Waals surface area contributed by atoms with Crippen LogP contribution in [0, 0.1) is 13.8 Å². The summed E-state index contributed by atoms with van der Waals surface area (Å²) in [6.45, 7) is 6.35. The van der Waals surface area contributed by atoms with Crippen LogP contribution in [0.5, 0.6) is 5.75 Å². The molecule has 0 aliphatic carbocycles. The third-order valence-electron chi connectivity index (χ3n) is 6.81. The van der Waals surface area contributed by atoms with E-state index >= 15 is 0 Å². The first-order valence-electron chi connectivity index (χ1n) is 13.2. The van der Waals surface area contributed by atoms with E-state index in [-0.39, 0.29) is 17.7 Å². The summed E-state index contributed by atoms with van der Waals surface area (Å²) in [6, 6.07) is 22.0. The number of carboxylic acid groups (broad SMARTS) is 1. The summed E-state index contributed by atoms with van der Waals surface area (Å²) in [7, 11) is 0. The molecule has 0 bridgehead atoms. The van der Waals surface area contributed by atoms with Crippen LogP contribution in [0.25, 0.3) is 16.6 Å². The van der Waals surface area contributed by atoms with Gasteiger partial charge in [0, 0.05) is 33.5 Å². The quantitative estimate of drug-likeness (QED) is 0.187. The van der Waals surface area contributed by atoms with Crippen molar-refractivity contribution in [3.63, 3.8) is 0 Å². The minimum atomic E-state index is -0.964. The normalized spacial score (nSPS) is 11.4. The predicted molar refractivity (Wildman–Crippen MR) is 164 cm³/mol. The maximum atomic E-state index is 13.3. The van der Waals surface area contributed by atoms with E-state index in [0.717, 1.165) is 39.1 Å². The van der Waals surface area contributed by atoms with Gasteiger partial charge in [-0.1, -0.05) is 35.0 Å². The first-order chi connectivity index (χ1) is 19.7. The van der Waals surface area contributed by atoms with Gasteiger partial charge in [-0.15, -0.1) is 0 Å². The van der Waals surface area contributed by atoms with Crippen LogP contribution in [-0.4, -0.2) is 31.5 Å². The second kappa shape index (κ2) is 11.9. The van der Waals surface area contributed by atoms with E-state index in [1.807, 2.05) is 69.3 Å². The second-order valence-corrected chi connectivity index (χ2v) is 10.7. The Bertz CT molecular complexity index is 1840. The maximum absolute atomic E-state index is 13.3. The minimum absolute atomic E-state index is 0.199. The van der Waals surface area contributed by atoms with Gasteiger partial charge in [0.1, 0.15) is 18.2 Å². The highest BCUT2D eigenvalue weighted by molar-refractivity contribution is 9.10. The lowest BCUT2D eigenvalue weighted by atomic mass is 10.1. The van der Waals surface area contributed by atoms with Crippen molar-refractivity contribution in [1.29, 1.82) is 0 Å². The van der Waals surface area contributed by atoms with Crippen molar-refractivity contribution in [2.45, 2.75) is 40.2 Å². The second-order valence-electron chi connectivity index (χ2n) is 9.75. The predicted octanol–water partition coefficient (Wildman–Crippen LogP) is 6.68. The van der Waals surface area contributed by atoms with Gasteiger partial charge in [-0.05, 0) is 86.5 Å². The molecule has 5 rings (SSSR count). The molecule has 0 spiro atoms. The summed E-state index contributed by atoms with van der Waals surface area (Å²) >= 11 is 3.45. The van der Waals surface area contributed by atoms with E-state index in [1.54, 1.807) is 30.5 Å². The number of aromatic nitrogens is 3. The fraction of sp³-hybridized carbons (Fsp3) is 0.188. The number of benzene rings is 3. The van der Waals surface area contributed by atoms with Crippen molar-refractivity contribution in [1.82, 2.24) is 14.2 Å². The van der Waals surface area contributed by atoms with Crippen LogP contribution in [0.1, 0.15) is 52.0 Å². The Labute approximate surface area is 245 Å². The average Bonchev–Trinajstić information content (AvgIpc) is 3.25. The van der Waals surface area contributed by atoms with E-state index in [9.17, 15) is 14.7 Å². The van der Waals surface area contributed by atoms with E-state index < -0.39 is 5.97 Å². The highest BCUT2D eigenvalue weighted by Gasteiger charge is 2.13. The number of aromatic carboxylic acids is 1. The van der Waals surface area contributed by atoms with E-state index in [1.165, 1.54) is 4.68 Å². The number of aryl methyl sites for hydroxylation is 2. The molecule has 0 saturated heterocycles. The SMILES string of the molecule is CCCc1nc2ccc(Br)cc2c(=O)n1N=Cc1cc(C)n(-c2ccc(OCc3cccc(C(=O)O)c3)cc2)c1C. The lowest BCUT2D eigenvalue weighted by Crippen LogP contribution is -2.22. The number of hydrogen-bond acceptors (Lipinski definition) is 5. The number of carboxylic acids is 1. The maximum Gasteiger partial charge on any atom is 0.335 e. The van der Waals surface area contributed by atoms with Crippen LogP contribution in [0.15, 0.2) is 87.2 Å². The van der Waals surface area contributed by atoms with Crippen molar-refractivity contribution in [3.05, 3.63) is 122 Å². The van der Waals surface area contributed by atoms with Gasteiger partial charge in [-0.3, -0.25) is 4.79 Å². The topological polar surface area (TPSA) is 98.7 Å². The van der Waals surface area contributed by atoms with Crippen LogP contribution in [-0.2, 0) is 13.0 Å². The molecular weight excluding hydrogens is 584 g/mol. The van der Waals surface area contributed by atoms with Gasteiger partial charge < -0.3 is 14.4 Å². The molecule has 0 radical (unpaired) electrons. The van der Waals surface area contributed by atoms with Gasteiger partial charge in [-0.2, -0.15) is 9.78 Å². The lowest BCUT2D eigenvalue weighted by molar-refractivity contribution is 0.0696. The van der Waals surface area contributed by atoms with E-state index in [2.05, 4.69) is 25.6 Å². The fourth-order valence-corrected chi connectivity index (χ4v) is 5.15. The number of carbonyl (C=O) groups is 1. The van der Waals surface area contributed by atoms with Gasteiger partial charge in [-0.25, -0.2) is 9.78 Å². The standard InChI is InChI=1S/C32H29BrN4O4/c1-4-6-30-35-29-14-9-25(33)17-28(29)31(38)37(30)34-18-24-15-20(2)36(21(24)3)26-10-12-27(13-11-26)41-19-22-7-5-8-23(16-22)32(39)40/h5,7-18H,4,6,19H2,1-3H3,(H,39,40). The summed E-state index contributed by atoms with van der Waals surface area (Å²) in [5.41, 5.74) is 5.33. The Balaban J connectivity index is 1.39. The first kappa shape index (κ1) is 28.0. The molecule has 0 saturated carbocycles. The smallest absolute Gasteiger partial charge is 0.335 e. The summed E-state index contributed by atoms with van der Waals surface area (Å²) < 4.78 is 10.2. The molecule has 0 fully saturated rings. The molecule has 2 heterocycles. The summed E-state index contributed by atoms with van der Waals surface area (Å²) in [4.78, 5) is 29.3. The van der Waals surface area contributed by atoms with Gasteiger partial charge in [0.05, 0.1) is 22.7 Å². The number of hydrogen-bond donors (Lipinski definition) is 1. The molecule has 8 nitrogen and oxygen atoms in total. The van der Waals surface area contributed by atoms with E-state index in [4.69, 9.17) is 9.72 Å². The third-order valence-corrected chi connectivity index (χ3v) is 7.30. The zero-order chi connectivity index (χ0) is 29.1. The largest absolute Gasteiger partial charge is 0.489 e. The molecule has 0 aliphatic rings. The molecule has 0 unspecified atom stereocenters. The average molecular weight is 614 g/mol. The van der Waals surface area contributed by atoms with Crippen LogP contribution >= 0.6 is 15.9 Å². The molecule has 0 atom stereocenters.